The van der Waals surface area contributed by atoms with E-state index >= 15 is 0 Å². The van der Waals surface area contributed by atoms with Gasteiger partial charge in [0.05, 0.1) is 12.0 Å². The van der Waals surface area contributed by atoms with Gasteiger partial charge in [-0.15, -0.1) is 0 Å². The van der Waals surface area contributed by atoms with Crippen molar-refractivity contribution in [2.75, 3.05) is 0 Å². The van der Waals surface area contributed by atoms with Crippen LogP contribution >= 0.6 is 0 Å². The number of fused-ring (bicyclic) bond motifs is 6. The third-order valence-electron chi connectivity index (χ3n) is 11.0. The summed E-state index contributed by atoms with van der Waals surface area (Å²) in [7, 11) is 0. The predicted octanol–water partition coefficient (Wildman–Crippen LogP) is 12.5. The smallest absolute Gasteiger partial charge is 0.157 e. The second-order valence-electron chi connectivity index (χ2n) is 14.8. The van der Waals surface area contributed by atoms with Crippen molar-refractivity contribution in [1.29, 1.82) is 0 Å². The van der Waals surface area contributed by atoms with Crippen molar-refractivity contribution in [2.24, 2.45) is 5.92 Å². The molecule has 0 saturated carbocycles. The van der Waals surface area contributed by atoms with Crippen LogP contribution in [0.2, 0.25) is 0 Å². The van der Waals surface area contributed by atoms with Crippen LogP contribution in [0, 0.1) is 5.92 Å². The van der Waals surface area contributed by atoms with Crippen molar-refractivity contribution in [1.82, 2.24) is 0 Å². The van der Waals surface area contributed by atoms with E-state index in [1.807, 2.05) is 0 Å². The minimum Gasteiger partial charge on any atom is -0.157 e. The fraction of sp³-hybridized carbons (Fsp3) is 0.204. The lowest BCUT2D eigenvalue weighted by atomic mass is 9.79. The molecule has 0 N–H and O–H groups in total. The van der Waals surface area contributed by atoms with Gasteiger partial charge in [0.2, 0.25) is 11.4 Å². The summed E-state index contributed by atoms with van der Waals surface area (Å²) in [6, 6.07) is 45.2. The van der Waals surface area contributed by atoms with E-state index in [0.29, 0.717) is 5.92 Å². The van der Waals surface area contributed by atoms with Gasteiger partial charge in [-0.1, -0.05) is 143 Å². The Morgan fingerprint density at radius 2 is 1.38 bits per heavy atom. The number of hydrogen-bond donors (Lipinski definition) is 0. The fourth-order valence-corrected chi connectivity index (χ4v) is 8.46. The lowest BCUT2D eigenvalue weighted by molar-refractivity contribution is -0.379. The summed E-state index contributed by atoms with van der Waals surface area (Å²) in [6.07, 6.45) is 13.7. The van der Waals surface area contributed by atoms with E-state index in [1.165, 1.54) is 78.3 Å². The van der Waals surface area contributed by atoms with E-state index in [4.69, 9.17) is 0 Å². The van der Waals surface area contributed by atoms with Crippen LogP contribution in [0.25, 0.3) is 22.3 Å². The molecule has 1 heteroatoms. The average molecular weight is 649 g/mol. The van der Waals surface area contributed by atoms with Crippen LogP contribution in [0.15, 0.2) is 169 Å². The Bertz CT molecular complexity index is 2270. The van der Waals surface area contributed by atoms with Gasteiger partial charge in [0.1, 0.15) is 0 Å². The number of nitrogens with zero attached hydrogens (tertiary/aromatic N) is 1. The standard InChI is InChI=1S/C49H46N/c1-6-34(25-24-33(2)3)45-31-37(26-28-40(45)35-16-8-7-9-17-35)50(48-30-36-18-10-11-19-39(36)41-20-12-13-22-44(41)48)38-27-29-43-42-21-14-15-23-46(42)49(4,5)47(43)32-38/h6-27,29,31-33,40H,28,30H2,1-5H3/q+1/b25-24-,34-6+,50-48+. The number of rotatable bonds is 6. The second kappa shape index (κ2) is 12.9. The van der Waals surface area contributed by atoms with Gasteiger partial charge < -0.3 is 0 Å². The predicted molar refractivity (Wildman–Crippen MR) is 211 cm³/mol. The van der Waals surface area contributed by atoms with Crippen molar-refractivity contribution < 1.29 is 4.58 Å². The molecule has 0 radical (unpaired) electrons. The highest BCUT2D eigenvalue weighted by Gasteiger charge is 2.38. The summed E-state index contributed by atoms with van der Waals surface area (Å²) in [4.78, 5) is 0. The minimum atomic E-state index is -0.0878. The largest absolute Gasteiger partial charge is 0.211 e. The molecular formula is C49H46N+. The first kappa shape index (κ1) is 32.0. The zero-order valence-corrected chi connectivity index (χ0v) is 29.9. The molecule has 0 spiro atoms. The molecule has 5 aromatic rings. The zero-order chi connectivity index (χ0) is 34.4. The van der Waals surface area contributed by atoms with Gasteiger partial charge in [-0.25, -0.2) is 0 Å². The third kappa shape index (κ3) is 5.46. The molecule has 246 valence electrons. The molecule has 3 aliphatic rings. The van der Waals surface area contributed by atoms with E-state index < -0.39 is 0 Å². The topological polar surface area (TPSA) is 3.01 Å². The SMILES string of the molecule is C/C=C(\C=C/C(C)C)C1=CC(/[N+](=C2/Cc3ccccc3-c3ccccc32)c2ccc3c(c2)C(C)(C)c2ccccc2-3)=CCC1c1ccccc1. The first-order chi connectivity index (χ1) is 24.3. The van der Waals surface area contributed by atoms with Crippen LogP contribution < -0.4 is 0 Å². The van der Waals surface area contributed by atoms with Crippen molar-refractivity contribution >= 4 is 11.4 Å². The van der Waals surface area contributed by atoms with Gasteiger partial charge in [0, 0.05) is 29.5 Å². The van der Waals surface area contributed by atoms with Crippen LogP contribution in [0.3, 0.4) is 0 Å². The summed E-state index contributed by atoms with van der Waals surface area (Å²) in [6.45, 7) is 11.5. The van der Waals surface area contributed by atoms with Crippen LogP contribution in [0.4, 0.5) is 5.69 Å². The van der Waals surface area contributed by atoms with Gasteiger partial charge in [-0.3, -0.25) is 0 Å². The van der Waals surface area contributed by atoms with Crippen LogP contribution in [0.1, 0.15) is 74.8 Å². The number of benzene rings is 5. The molecule has 1 unspecified atom stereocenters. The highest BCUT2D eigenvalue weighted by molar-refractivity contribution is 6.08. The van der Waals surface area contributed by atoms with Gasteiger partial charge >= 0.3 is 0 Å². The molecule has 8 rings (SSSR count). The van der Waals surface area contributed by atoms with E-state index in [-0.39, 0.29) is 11.3 Å². The van der Waals surface area contributed by atoms with Crippen molar-refractivity contribution in [2.45, 2.75) is 58.8 Å². The molecular weight excluding hydrogens is 603 g/mol. The average Bonchev–Trinajstić information content (AvgIpc) is 3.38. The summed E-state index contributed by atoms with van der Waals surface area (Å²) >= 11 is 0. The molecule has 0 fully saturated rings. The highest BCUT2D eigenvalue weighted by atomic mass is 15.0. The molecule has 50 heavy (non-hydrogen) atoms. The molecule has 0 bridgehead atoms. The molecule has 0 aromatic heterocycles. The Morgan fingerprint density at radius 1 is 0.720 bits per heavy atom. The maximum Gasteiger partial charge on any atom is 0.211 e. The third-order valence-corrected chi connectivity index (χ3v) is 11.0. The fourth-order valence-electron chi connectivity index (χ4n) is 8.46. The van der Waals surface area contributed by atoms with Crippen molar-refractivity contribution in [3.05, 3.63) is 196 Å². The number of allylic oxidation sites excluding steroid dienone is 7. The van der Waals surface area contributed by atoms with E-state index in [2.05, 4.69) is 191 Å². The monoisotopic (exact) mass is 648 g/mol. The van der Waals surface area contributed by atoms with Crippen molar-refractivity contribution in [3.63, 3.8) is 0 Å². The maximum atomic E-state index is 2.59. The van der Waals surface area contributed by atoms with Crippen LogP contribution in [0.5, 0.6) is 0 Å². The molecule has 0 amide bonds. The molecule has 3 aliphatic carbocycles. The highest BCUT2D eigenvalue weighted by Crippen LogP contribution is 2.50. The summed E-state index contributed by atoms with van der Waals surface area (Å²) in [5.74, 6) is 0.756. The first-order valence-corrected chi connectivity index (χ1v) is 18.2. The van der Waals surface area contributed by atoms with Gasteiger partial charge in [-0.05, 0) is 93.1 Å². The number of hydrogen-bond acceptors (Lipinski definition) is 0. The Morgan fingerprint density at radius 3 is 2.14 bits per heavy atom. The van der Waals surface area contributed by atoms with Crippen molar-refractivity contribution in [3.8, 4) is 22.3 Å². The second-order valence-corrected chi connectivity index (χ2v) is 14.8. The molecule has 5 aromatic carbocycles. The lowest BCUT2D eigenvalue weighted by Crippen LogP contribution is -2.25. The lowest BCUT2D eigenvalue weighted by Gasteiger charge is -2.26. The Hall–Kier alpha value is -5.27. The van der Waals surface area contributed by atoms with Crippen LogP contribution in [-0.2, 0) is 11.8 Å². The van der Waals surface area contributed by atoms with E-state index in [9.17, 15) is 0 Å². The molecule has 1 nitrogen and oxygen atoms in total. The Kier molecular flexibility index (Phi) is 8.24. The summed E-state index contributed by atoms with van der Waals surface area (Å²) in [5.41, 5.74) is 18.5. The Balaban J connectivity index is 1.38. The van der Waals surface area contributed by atoms with Crippen LogP contribution in [-0.4, -0.2) is 10.3 Å². The first-order valence-electron chi connectivity index (χ1n) is 18.2. The van der Waals surface area contributed by atoms with Gasteiger partial charge in [-0.2, -0.15) is 4.58 Å². The molecule has 0 heterocycles. The quantitative estimate of drug-likeness (QED) is 0.127. The molecule has 0 saturated heterocycles. The summed E-state index contributed by atoms with van der Waals surface area (Å²) in [5, 5.41) is 0. The van der Waals surface area contributed by atoms with Gasteiger partial charge in [0.25, 0.3) is 0 Å². The Labute approximate surface area is 298 Å². The van der Waals surface area contributed by atoms with E-state index in [0.717, 1.165) is 12.8 Å². The zero-order valence-electron chi connectivity index (χ0n) is 29.9. The summed E-state index contributed by atoms with van der Waals surface area (Å²) < 4.78 is 2.59. The minimum absolute atomic E-state index is 0.0878. The van der Waals surface area contributed by atoms with Gasteiger partial charge in [0.15, 0.2) is 5.71 Å². The molecule has 0 aliphatic heterocycles. The van der Waals surface area contributed by atoms with E-state index in [1.54, 1.807) is 0 Å². The maximum absolute atomic E-state index is 2.59. The molecule has 1 atom stereocenters. The normalized spacial score (nSPS) is 18.6.